The summed E-state index contributed by atoms with van der Waals surface area (Å²) in [6.07, 6.45) is 0.822. The predicted molar refractivity (Wildman–Crippen MR) is 83.6 cm³/mol. The van der Waals surface area contributed by atoms with E-state index in [1.54, 1.807) is 6.07 Å². The smallest absolute Gasteiger partial charge is 0.293 e. The maximum atomic E-state index is 13.1. The topological polar surface area (TPSA) is 55.4 Å². The highest BCUT2D eigenvalue weighted by Gasteiger charge is 2.23. The number of benzene rings is 1. The molecule has 22 heavy (non-hydrogen) atoms. The van der Waals surface area contributed by atoms with E-state index in [-0.39, 0.29) is 22.3 Å². The third-order valence-corrected chi connectivity index (χ3v) is 3.34. The van der Waals surface area contributed by atoms with Crippen molar-refractivity contribution in [3.8, 4) is 0 Å². The van der Waals surface area contributed by atoms with Crippen LogP contribution >= 0.6 is 11.6 Å². The number of halogens is 2. The van der Waals surface area contributed by atoms with Gasteiger partial charge in [0, 0.05) is 18.0 Å². The molecule has 0 unspecified atom stereocenters. The lowest BCUT2D eigenvalue weighted by molar-refractivity contribution is -0.138. The summed E-state index contributed by atoms with van der Waals surface area (Å²) in [6.45, 7) is 7.46. The number of carbonyl (C=O) groups excluding carboxylic acids is 2. The largest absolute Gasteiger partial charge is 0.462 e. The summed E-state index contributed by atoms with van der Waals surface area (Å²) in [5, 5.41) is 3.16. The zero-order valence-corrected chi connectivity index (χ0v) is 13.7. The number of hydrogen-bond donors (Lipinski definition) is 1. The van der Waals surface area contributed by atoms with Gasteiger partial charge in [-0.1, -0.05) is 11.6 Å². The second-order valence-electron chi connectivity index (χ2n) is 6.01. The lowest BCUT2D eigenvalue weighted by atomic mass is 9.97. The molecule has 1 atom stereocenters. The summed E-state index contributed by atoms with van der Waals surface area (Å²) in [5.74, 6) is -0.561. The summed E-state index contributed by atoms with van der Waals surface area (Å²) in [6, 6.07) is 4.21. The maximum absolute atomic E-state index is 13.1. The van der Waals surface area contributed by atoms with Gasteiger partial charge in [0.25, 0.3) is 6.47 Å². The Labute approximate surface area is 135 Å². The molecule has 1 heterocycles. The molecular weight excluding hydrogens is 309 g/mol. The number of Topliss-reactive ketones (excluding diaryl/α,β-unsaturated/α-hetero) is 1. The van der Waals surface area contributed by atoms with E-state index in [1.165, 1.54) is 12.1 Å². The van der Waals surface area contributed by atoms with Crippen LogP contribution in [0, 0.1) is 11.7 Å². The van der Waals surface area contributed by atoms with Crippen LogP contribution in [0.25, 0.3) is 0 Å². The zero-order valence-electron chi connectivity index (χ0n) is 13.0. The van der Waals surface area contributed by atoms with Gasteiger partial charge in [0.05, 0.1) is 5.02 Å². The van der Waals surface area contributed by atoms with Crippen molar-refractivity contribution in [2.45, 2.75) is 32.8 Å². The lowest BCUT2D eigenvalue weighted by Crippen LogP contribution is -2.18. The Morgan fingerprint density at radius 1 is 1.45 bits per heavy atom. The third-order valence-electron chi connectivity index (χ3n) is 3.04. The molecule has 0 aliphatic carbocycles. The van der Waals surface area contributed by atoms with Crippen molar-refractivity contribution < 1.29 is 18.7 Å². The normalized spacial score (nSPS) is 17.4. The van der Waals surface area contributed by atoms with Crippen LogP contribution in [0.2, 0.25) is 5.02 Å². The van der Waals surface area contributed by atoms with E-state index in [0.29, 0.717) is 18.6 Å². The minimum atomic E-state index is -0.534. The fourth-order valence-corrected chi connectivity index (χ4v) is 2.03. The second kappa shape index (κ2) is 8.25. The molecule has 0 bridgehead atoms. The first-order chi connectivity index (χ1) is 10.2. The van der Waals surface area contributed by atoms with Gasteiger partial charge in [0.1, 0.15) is 11.4 Å². The van der Waals surface area contributed by atoms with Crippen LogP contribution in [0.4, 0.5) is 4.39 Å². The van der Waals surface area contributed by atoms with Crippen molar-refractivity contribution in [2.24, 2.45) is 5.92 Å². The first-order valence-corrected chi connectivity index (χ1v) is 7.44. The number of nitrogens with one attached hydrogen (secondary N) is 1. The lowest BCUT2D eigenvalue weighted by Gasteiger charge is -2.14. The zero-order chi connectivity index (χ0) is 16.8. The molecule has 4 nitrogen and oxygen atoms in total. The molecule has 0 saturated carbocycles. The molecule has 0 aromatic heterocycles. The van der Waals surface area contributed by atoms with E-state index in [9.17, 15) is 14.0 Å². The minimum Gasteiger partial charge on any atom is -0.462 e. The Kier molecular flexibility index (Phi) is 6.97. The highest BCUT2D eigenvalue weighted by Crippen LogP contribution is 2.20. The van der Waals surface area contributed by atoms with Gasteiger partial charge in [-0.2, -0.15) is 0 Å². The van der Waals surface area contributed by atoms with E-state index in [4.69, 9.17) is 11.6 Å². The van der Waals surface area contributed by atoms with E-state index in [1.807, 2.05) is 20.8 Å². The molecule has 0 spiro atoms. The third kappa shape index (κ3) is 6.12. The van der Waals surface area contributed by atoms with Gasteiger partial charge in [0.15, 0.2) is 5.78 Å². The van der Waals surface area contributed by atoms with E-state index in [0.717, 1.165) is 13.0 Å². The van der Waals surface area contributed by atoms with Crippen LogP contribution < -0.4 is 5.32 Å². The Balaban J connectivity index is 0.000000295. The molecule has 1 N–H and O–H groups in total. The minimum absolute atomic E-state index is 0.00410. The predicted octanol–water partition coefficient (Wildman–Crippen LogP) is 3.23. The molecule has 1 aliphatic rings. The van der Waals surface area contributed by atoms with E-state index >= 15 is 0 Å². The van der Waals surface area contributed by atoms with Crippen molar-refractivity contribution in [3.63, 3.8) is 0 Å². The van der Waals surface area contributed by atoms with Crippen molar-refractivity contribution >= 4 is 23.9 Å². The Bertz CT molecular complexity index is 523. The molecule has 0 radical (unpaired) electrons. The number of ether oxygens (including phenoxy) is 1. The molecule has 2 rings (SSSR count). The van der Waals surface area contributed by atoms with Crippen LogP contribution in [-0.4, -0.2) is 30.9 Å². The van der Waals surface area contributed by atoms with Crippen LogP contribution in [-0.2, 0) is 9.53 Å². The first-order valence-electron chi connectivity index (χ1n) is 7.06. The summed E-state index contributed by atoms with van der Waals surface area (Å²) in [5.41, 5.74) is 0.0903. The number of ketones is 1. The number of hydrogen-bond acceptors (Lipinski definition) is 4. The van der Waals surface area contributed by atoms with Crippen molar-refractivity contribution in [2.75, 3.05) is 13.1 Å². The van der Waals surface area contributed by atoms with Gasteiger partial charge < -0.3 is 10.1 Å². The average molecular weight is 330 g/mol. The van der Waals surface area contributed by atoms with Crippen LogP contribution in [0.15, 0.2) is 18.2 Å². The Hall–Kier alpha value is -1.46. The highest BCUT2D eigenvalue weighted by atomic mass is 35.5. The van der Waals surface area contributed by atoms with Gasteiger partial charge in [0.2, 0.25) is 0 Å². The van der Waals surface area contributed by atoms with Gasteiger partial charge in [-0.25, -0.2) is 4.39 Å². The molecule has 1 fully saturated rings. The van der Waals surface area contributed by atoms with Crippen molar-refractivity contribution in [1.29, 1.82) is 0 Å². The molecule has 1 aliphatic heterocycles. The van der Waals surface area contributed by atoms with Crippen LogP contribution in [0.1, 0.15) is 37.6 Å². The molecule has 6 heteroatoms. The van der Waals surface area contributed by atoms with Crippen LogP contribution in [0.3, 0.4) is 0 Å². The summed E-state index contributed by atoms with van der Waals surface area (Å²) in [7, 11) is 0. The number of rotatable bonds is 3. The summed E-state index contributed by atoms with van der Waals surface area (Å²) >= 11 is 5.55. The maximum Gasteiger partial charge on any atom is 0.293 e. The Morgan fingerprint density at radius 2 is 2.14 bits per heavy atom. The second-order valence-corrected chi connectivity index (χ2v) is 6.42. The highest BCUT2D eigenvalue weighted by molar-refractivity contribution is 6.30. The quantitative estimate of drug-likeness (QED) is 0.683. The monoisotopic (exact) mass is 329 g/mol. The molecule has 122 valence electrons. The summed E-state index contributed by atoms with van der Waals surface area (Å²) < 4.78 is 17.7. The molecule has 1 saturated heterocycles. The SMILES string of the molecule is CC(C)(C)OC=O.O=C(c1ccc(Cl)c(F)c1)[C@@H]1CCNC1. The van der Waals surface area contributed by atoms with Crippen molar-refractivity contribution in [3.05, 3.63) is 34.6 Å². The van der Waals surface area contributed by atoms with Crippen LogP contribution in [0.5, 0.6) is 0 Å². The molecule has 1 aromatic carbocycles. The molecule has 1 aromatic rings. The summed E-state index contributed by atoms with van der Waals surface area (Å²) in [4.78, 5) is 21.5. The number of carbonyl (C=O) groups is 2. The fourth-order valence-electron chi connectivity index (χ4n) is 1.91. The first kappa shape index (κ1) is 18.6. The molecule has 0 amide bonds. The molecular formula is C16H21ClFNO3. The van der Waals surface area contributed by atoms with E-state index in [2.05, 4.69) is 10.1 Å². The standard InChI is InChI=1S/C11H11ClFNO.C5H10O2/c12-9-2-1-7(5-10(9)13)11(15)8-3-4-14-6-8;1-5(2,3)7-4-6/h1-2,5,8,14H,3-4,6H2;4H,1-3H3/t8-;/m1./s1. The van der Waals surface area contributed by atoms with Crippen molar-refractivity contribution in [1.82, 2.24) is 5.32 Å². The van der Waals surface area contributed by atoms with Gasteiger partial charge in [-0.05, 0) is 51.9 Å². The van der Waals surface area contributed by atoms with E-state index < -0.39 is 5.82 Å². The average Bonchev–Trinajstić information content (AvgIpc) is 2.94. The van der Waals surface area contributed by atoms with Gasteiger partial charge >= 0.3 is 0 Å². The fraction of sp³-hybridized carbons (Fsp3) is 0.500. The Morgan fingerprint density at radius 3 is 2.55 bits per heavy atom. The van der Waals surface area contributed by atoms with Gasteiger partial charge in [-0.3, -0.25) is 9.59 Å². The van der Waals surface area contributed by atoms with Gasteiger partial charge in [-0.15, -0.1) is 0 Å².